The highest BCUT2D eigenvalue weighted by molar-refractivity contribution is 5.61. The van der Waals surface area contributed by atoms with Gasteiger partial charge in [-0.25, -0.2) is 4.98 Å². The quantitative estimate of drug-likeness (QED) is 0.744. The lowest BCUT2D eigenvalue weighted by Gasteiger charge is -2.19. The second-order valence-corrected chi connectivity index (χ2v) is 6.38. The van der Waals surface area contributed by atoms with Crippen LogP contribution in [0.2, 0.25) is 0 Å². The average molecular weight is 281 g/mol. The molecule has 1 N–H and O–H groups in total. The van der Waals surface area contributed by atoms with E-state index in [0.29, 0.717) is 5.52 Å². The number of hydrogen-bond donors (Lipinski definition) is 1. The molecule has 0 fully saturated rings. The van der Waals surface area contributed by atoms with E-state index in [9.17, 15) is 4.79 Å². The SMILES string of the molecule is Cc1ncc2c(=O)[nH]c(-c3ccc(C(C)(C)C)cc3)cn12. The Morgan fingerprint density at radius 1 is 1.14 bits per heavy atom. The zero-order chi connectivity index (χ0) is 15.2. The molecule has 0 aliphatic carbocycles. The minimum Gasteiger partial charge on any atom is -0.319 e. The van der Waals surface area contributed by atoms with Gasteiger partial charge in [0.25, 0.3) is 5.56 Å². The van der Waals surface area contributed by atoms with Gasteiger partial charge in [-0.3, -0.25) is 9.20 Å². The van der Waals surface area contributed by atoms with Crippen LogP contribution in [0.4, 0.5) is 0 Å². The van der Waals surface area contributed by atoms with Crippen LogP contribution in [0.15, 0.2) is 41.5 Å². The van der Waals surface area contributed by atoms with Crippen LogP contribution in [0.25, 0.3) is 16.8 Å². The molecule has 0 bridgehead atoms. The summed E-state index contributed by atoms with van der Waals surface area (Å²) in [4.78, 5) is 19.2. The Morgan fingerprint density at radius 2 is 1.81 bits per heavy atom. The highest BCUT2D eigenvalue weighted by Gasteiger charge is 2.13. The highest BCUT2D eigenvalue weighted by atomic mass is 16.1. The fraction of sp³-hybridized carbons (Fsp3) is 0.294. The van der Waals surface area contributed by atoms with Gasteiger partial charge in [-0.05, 0) is 23.5 Å². The van der Waals surface area contributed by atoms with Gasteiger partial charge in [0.15, 0.2) is 0 Å². The molecular formula is C17H19N3O. The molecule has 0 saturated heterocycles. The molecule has 2 heterocycles. The second kappa shape index (κ2) is 4.58. The van der Waals surface area contributed by atoms with Gasteiger partial charge in [-0.1, -0.05) is 45.0 Å². The van der Waals surface area contributed by atoms with E-state index in [2.05, 4.69) is 42.9 Å². The summed E-state index contributed by atoms with van der Waals surface area (Å²) in [6.45, 7) is 8.44. The van der Waals surface area contributed by atoms with Crippen LogP contribution in [-0.4, -0.2) is 14.4 Å². The number of fused-ring (bicyclic) bond motifs is 1. The van der Waals surface area contributed by atoms with Crippen molar-refractivity contribution >= 4 is 5.52 Å². The van der Waals surface area contributed by atoms with E-state index in [1.165, 1.54) is 5.56 Å². The molecule has 4 nitrogen and oxygen atoms in total. The summed E-state index contributed by atoms with van der Waals surface area (Å²) in [5, 5.41) is 0. The van der Waals surface area contributed by atoms with Crippen molar-refractivity contribution < 1.29 is 0 Å². The third kappa shape index (κ3) is 2.37. The number of aryl methyl sites for hydroxylation is 1. The van der Waals surface area contributed by atoms with Gasteiger partial charge in [0.2, 0.25) is 0 Å². The first kappa shape index (κ1) is 13.6. The van der Waals surface area contributed by atoms with E-state index >= 15 is 0 Å². The summed E-state index contributed by atoms with van der Waals surface area (Å²) in [6.07, 6.45) is 3.52. The number of imidazole rings is 1. The maximum absolute atomic E-state index is 12.1. The number of nitrogens with zero attached hydrogens (tertiary/aromatic N) is 2. The standard InChI is InChI=1S/C17H19N3O/c1-11-18-9-15-16(21)19-14(10-20(11)15)12-5-7-13(8-6-12)17(2,3)4/h5-10H,1-4H3,(H,19,21). The number of aromatic amines is 1. The summed E-state index contributed by atoms with van der Waals surface area (Å²) >= 11 is 0. The highest BCUT2D eigenvalue weighted by Crippen LogP contribution is 2.25. The van der Waals surface area contributed by atoms with Crippen molar-refractivity contribution in [3.8, 4) is 11.3 Å². The molecule has 1 aromatic carbocycles. The molecule has 3 aromatic rings. The Balaban J connectivity index is 2.12. The van der Waals surface area contributed by atoms with Crippen LogP contribution in [0.3, 0.4) is 0 Å². The maximum atomic E-state index is 12.1. The van der Waals surface area contributed by atoms with Crippen LogP contribution < -0.4 is 5.56 Å². The zero-order valence-corrected chi connectivity index (χ0v) is 12.8. The minimum atomic E-state index is -0.118. The summed E-state index contributed by atoms with van der Waals surface area (Å²) in [5.74, 6) is 0.809. The fourth-order valence-corrected chi connectivity index (χ4v) is 2.43. The topological polar surface area (TPSA) is 50.2 Å². The van der Waals surface area contributed by atoms with Gasteiger partial charge in [0.1, 0.15) is 11.3 Å². The third-order valence-corrected chi connectivity index (χ3v) is 3.78. The first-order valence-electron chi connectivity index (χ1n) is 7.04. The number of rotatable bonds is 1. The molecule has 0 aliphatic rings. The van der Waals surface area contributed by atoms with Crippen molar-refractivity contribution in [2.75, 3.05) is 0 Å². The monoisotopic (exact) mass is 281 g/mol. The van der Waals surface area contributed by atoms with E-state index in [1.54, 1.807) is 6.20 Å². The number of aromatic nitrogens is 3. The zero-order valence-electron chi connectivity index (χ0n) is 12.8. The van der Waals surface area contributed by atoms with Gasteiger partial charge in [0, 0.05) is 6.20 Å². The largest absolute Gasteiger partial charge is 0.319 e. The van der Waals surface area contributed by atoms with E-state index < -0.39 is 0 Å². The van der Waals surface area contributed by atoms with E-state index in [1.807, 2.05) is 29.7 Å². The minimum absolute atomic E-state index is 0.118. The molecule has 4 heteroatoms. The smallest absolute Gasteiger partial charge is 0.274 e. The Bertz CT molecular complexity index is 848. The molecule has 0 aliphatic heterocycles. The van der Waals surface area contributed by atoms with Crippen LogP contribution in [0, 0.1) is 6.92 Å². The van der Waals surface area contributed by atoms with Crippen LogP contribution >= 0.6 is 0 Å². The first-order chi connectivity index (χ1) is 9.86. The van der Waals surface area contributed by atoms with Crippen molar-refractivity contribution in [1.29, 1.82) is 0 Å². The maximum Gasteiger partial charge on any atom is 0.274 e. The molecular weight excluding hydrogens is 262 g/mol. The molecule has 108 valence electrons. The summed E-state index contributed by atoms with van der Waals surface area (Å²) in [6, 6.07) is 8.31. The molecule has 0 unspecified atom stereocenters. The lowest BCUT2D eigenvalue weighted by Crippen LogP contribution is -2.12. The second-order valence-electron chi connectivity index (χ2n) is 6.38. The van der Waals surface area contributed by atoms with Gasteiger partial charge >= 0.3 is 0 Å². The van der Waals surface area contributed by atoms with E-state index in [-0.39, 0.29) is 11.0 Å². The number of nitrogens with one attached hydrogen (secondary N) is 1. The van der Waals surface area contributed by atoms with Gasteiger partial charge in [0.05, 0.1) is 11.9 Å². The Morgan fingerprint density at radius 3 is 2.43 bits per heavy atom. The fourth-order valence-electron chi connectivity index (χ4n) is 2.43. The number of H-pyrrole nitrogens is 1. The molecule has 0 saturated carbocycles. The lowest BCUT2D eigenvalue weighted by molar-refractivity contribution is 0.590. The first-order valence-corrected chi connectivity index (χ1v) is 7.04. The van der Waals surface area contributed by atoms with Crippen molar-refractivity contribution in [3.63, 3.8) is 0 Å². The normalized spacial score (nSPS) is 12.0. The molecule has 3 rings (SSSR count). The molecule has 2 aromatic heterocycles. The van der Waals surface area contributed by atoms with Gasteiger partial charge in [-0.2, -0.15) is 0 Å². The summed E-state index contributed by atoms with van der Waals surface area (Å²) in [5.41, 5.74) is 3.64. The lowest BCUT2D eigenvalue weighted by atomic mass is 9.86. The van der Waals surface area contributed by atoms with Crippen molar-refractivity contribution in [2.24, 2.45) is 0 Å². The molecule has 0 amide bonds. The molecule has 0 spiro atoms. The Hall–Kier alpha value is -2.36. The molecule has 0 radical (unpaired) electrons. The molecule has 21 heavy (non-hydrogen) atoms. The van der Waals surface area contributed by atoms with Crippen LogP contribution in [0.5, 0.6) is 0 Å². The van der Waals surface area contributed by atoms with Crippen LogP contribution in [-0.2, 0) is 5.41 Å². The predicted molar refractivity (Wildman–Crippen MR) is 84.7 cm³/mol. The van der Waals surface area contributed by atoms with Gasteiger partial charge < -0.3 is 4.98 Å². The van der Waals surface area contributed by atoms with Crippen molar-refractivity contribution in [1.82, 2.24) is 14.4 Å². The van der Waals surface area contributed by atoms with E-state index in [4.69, 9.17) is 0 Å². The number of benzene rings is 1. The average Bonchev–Trinajstić information content (AvgIpc) is 2.80. The van der Waals surface area contributed by atoms with Crippen molar-refractivity contribution in [2.45, 2.75) is 33.1 Å². The summed E-state index contributed by atoms with van der Waals surface area (Å²) < 4.78 is 1.83. The predicted octanol–water partition coefficient (Wildman–Crippen LogP) is 3.30. The van der Waals surface area contributed by atoms with Crippen molar-refractivity contribution in [3.05, 3.63) is 58.4 Å². The summed E-state index contributed by atoms with van der Waals surface area (Å²) in [7, 11) is 0. The Labute approximate surface area is 123 Å². The third-order valence-electron chi connectivity index (χ3n) is 3.78. The number of hydrogen-bond acceptors (Lipinski definition) is 2. The van der Waals surface area contributed by atoms with E-state index in [0.717, 1.165) is 17.1 Å². The Kier molecular flexibility index (Phi) is 2.97. The van der Waals surface area contributed by atoms with Gasteiger partial charge in [-0.15, -0.1) is 0 Å². The van der Waals surface area contributed by atoms with Crippen LogP contribution in [0.1, 0.15) is 32.2 Å². The molecule has 0 atom stereocenters.